The van der Waals surface area contributed by atoms with Crippen molar-refractivity contribution >= 4 is 40.9 Å². The van der Waals surface area contributed by atoms with Gasteiger partial charge >= 0.3 is 6.03 Å². The molecule has 4 rings (SSSR count). The number of aryl methyl sites for hydroxylation is 2. The number of carbonyl (C=O) groups is 4. The number of nitrogens with one attached hydrogen (secondary N) is 1. The van der Waals surface area contributed by atoms with E-state index in [9.17, 15) is 19.2 Å². The number of halogens is 1. The van der Waals surface area contributed by atoms with Gasteiger partial charge in [-0.2, -0.15) is 0 Å². The number of benzene rings is 3. The Morgan fingerprint density at radius 1 is 1.00 bits per heavy atom. The molecule has 0 aliphatic carbocycles. The summed E-state index contributed by atoms with van der Waals surface area (Å²) >= 11 is 6.68. The highest BCUT2D eigenvalue weighted by Gasteiger charge is 2.54. The number of ether oxygens (including phenoxy) is 2. The predicted molar refractivity (Wildman–Crippen MR) is 187 cm³/mol. The Morgan fingerprint density at radius 3 is 2.29 bits per heavy atom. The third-order valence-electron chi connectivity index (χ3n) is 8.26. The molecule has 0 aromatic heterocycles. The molecule has 3 aromatic carbocycles. The number of rotatable bonds is 14. The number of anilines is 1. The normalized spacial score (nSPS) is 16.8. The molecule has 4 atom stereocenters. The van der Waals surface area contributed by atoms with E-state index in [1.165, 1.54) is 17.0 Å². The van der Waals surface area contributed by atoms with E-state index in [0.29, 0.717) is 17.9 Å². The minimum atomic E-state index is -1.53. The fourth-order valence-corrected chi connectivity index (χ4v) is 5.94. The van der Waals surface area contributed by atoms with Gasteiger partial charge in [-0.05, 0) is 62.6 Å². The van der Waals surface area contributed by atoms with E-state index in [1.807, 2.05) is 69.3 Å². The molecular weight excluding hydrogens is 648 g/mol. The van der Waals surface area contributed by atoms with Crippen molar-refractivity contribution in [2.45, 2.75) is 85.9 Å². The molecule has 49 heavy (non-hydrogen) atoms. The van der Waals surface area contributed by atoms with Crippen LogP contribution in [0.15, 0.2) is 66.7 Å². The highest BCUT2D eigenvalue weighted by atomic mass is 35.5. The van der Waals surface area contributed by atoms with E-state index in [4.69, 9.17) is 31.8 Å². The van der Waals surface area contributed by atoms with Gasteiger partial charge in [0.15, 0.2) is 11.9 Å². The molecule has 0 spiro atoms. The van der Waals surface area contributed by atoms with Crippen molar-refractivity contribution < 1.29 is 33.5 Å². The first-order chi connectivity index (χ1) is 23.2. The summed E-state index contributed by atoms with van der Waals surface area (Å²) in [6.07, 6.45) is -3.12. The van der Waals surface area contributed by atoms with Gasteiger partial charge in [0.1, 0.15) is 17.9 Å². The standard InChI is InChI=1S/C37H45ClN4O7/c1-8-28(48-29-18-15-22(3)19-23(29)4)33(44)40-25-16-17-27(38)26(20-25)31(49-39)30(32(43)37(5,6)7)42-34(45)35(47-9-2)41(36(42)46)21-24-13-11-10-12-14-24/h10-20,28,30-31,35H,8-9,21,39H2,1-7H3,(H,40,44). The molecule has 1 heterocycles. The van der Waals surface area contributed by atoms with Crippen LogP contribution in [0.25, 0.3) is 0 Å². The number of imide groups is 1. The summed E-state index contributed by atoms with van der Waals surface area (Å²) in [7, 11) is 0. The fraction of sp³-hybridized carbons (Fsp3) is 0.405. The Bertz CT molecular complexity index is 1680. The van der Waals surface area contributed by atoms with E-state index >= 15 is 0 Å². The van der Waals surface area contributed by atoms with Crippen molar-refractivity contribution in [3.05, 3.63) is 94.0 Å². The van der Waals surface area contributed by atoms with Crippen LogP contribution in [-0.4, -0.2) is 58.4 Å². The molecule has 3 N–H and O–H groups in total. The lowest BCUT2D eigenvalue weighted by molar-refractivity contribution is -0.151. The Labute approximate surface area is 292 Å². The minimum absolute atomic E-state index is 0.0577. The average Bonchev–Trinajstić information content (AvgIpc) is 3.27. The van der Waals surface area contributed by atoms with E-state index in [2.05, 4.69) is 5.32 Å². The highest BCUT2D eigenvalue weighted by Crippen LogP contribution is 2.38. The first kappa shape index (κ1) is 37.5. The van der Waals surface area contributed by atoms with Crippen LogP contribution in [0.1, 0.15) is 69.4 Å². The largest absolute Gasteiger partial charge is 0.480 e. The minimum Gasteiger partial charge on any atom is -0.480 e. The molecule has 0 bridgehead atoms. The third kappa shape index (κ3) is 8.48. The van der Waals surface area contributed by atoms with Crippen LogP contribution in [0.5, 0.6) is 5.75 Å². The van der Waals surface area contributed by atoms with Crippen molar-refractivity contribution in [3.8, 4) is 5.75 Å². The van der Waals surface area contributed by atoms with Gasteiger partial charge in [-0.25, -0.2) is 15.6 Å². The quantitative estimate of drug-likeness (QED) is 0.144. The summed E-state index contributed by atoms with van der Waals surface area (Å²) in [6, 6.07) is 17.2. The smallest absolute Gasteiger partial charge is 0.330 e. The second-order valence-corrected chi connectivity index (χ2v) is 13.4. The molecule has 262 valence electrons. The number of Topliss-reactive ketones (excluding diaryl/α,β-unsaturated/α-hetero) is 1. The molecule has 3 aromatic rings. The summed E-state index contributed by atoms with van der Waals surface area (Å²) < 4.78 is 11.8. The summed E-state index contributed by atoms with van der Waals surface area (Å²) in [5.74, 6) is 4.83. The van der Waals surface area contributed by atoms with E-state index in [1.54, 1.807) is 33.8 Å². The Kier molecular flexibility index (Phi) is 12.2. The van der Waals surface area contributed by atoms with E-state index < -0.39 is 53.5 Å². The van der Waals surface area contributed by atoms with E-state index in [0.717, 1.165) is 21.6 Å². The first-order valence-corrected chi connectivity index (χ1v) is 16.6. The fourth-order valence-electron chi connectivity index (χ4n) is 5.71. The van der Waals surface area contributed by atoms with Gasteiger partial charge in [-0.1, -0.05) is 87.3 Å². The summed E-state index contributed by atoms with van der Waals surface area (Å²) in [4.78, 5) is 63.3. The summed E-state index contributed by atoms with van der Waals surface area (Å²) in [5, 5.41) is 2.99. The Hall–Kier alpha value is -4.29. The maximum absolute atomic E-state index is 14.2. The number of amides is 4. The maximum atomic E-state index is 14.2. The topological polar surface area (TPSA) is 141 Å². The number of hydrogen-bond acceptors (Lipinski definition) is 8. The first-order valence-electron chi connectivity index (χ1n) is 16.2. The lowest BCUT2D eigenvalue weighted by Gasteiger charge is -2.35. The lowest BCUT2D eigenvalue weighted by atomic mass is 9.82. The van der Waals surface area contributed by atoms with Gasteiger partial charge in [0.25, 0.3) is 11.8 Å². The zero-order valence-electron chi connectivity index (χ0n) is 29.0. The number of hydrogen-bond donors (Lipinski definition) is 2. The maximum Gasteiger partial charge on any atom is 0.330 e. The number of ketones is 1. The van der Waals surface area contributed by atoms with Gasteiger partial charge in [-0.15, -0.1) is 0 Å². The molecule has 1 aliphatic heterocycles. The second-order valence-electron chi connectivity index (χ2n) is 13.0. The predicted octanol–water partition coefficient (Wildman–Crippen LogP) is 6.50. The van der Waals surface area contributed by atoms with Gasteiger partial charge in [0, 0.05) is 28.3 Å². The number of nitrogens with two attached hydrogens (primary N) is 1. The molecule has 1 aliphatic rings. The average molecular weight is 693 g/mol. The summed E-state index contributed by atoms with van der Waals surface area (Å²) in [6.45, 7) is 12.6. The van der Waals surface area contributed by atoms with Crippen LogP contribution in [0.3, 0.4) is 0 Å². The second kappa shape index (κ2) is 15.9. The zero-order chi connectivity index (χ0) is 36.0. The molecule has 4 amide bonds. The molecule has 0 saturated carbocycles. The van der Waals surface area contributed by atoms with Crippen molar-refractivity contribution in [2.75, 3.05) is 11.9 Å². The van der Waals surface area contributed by atoms with Crippen LogP contribution in [-0.2, 0) is 30.5 Å². The molecular formula is C37H45ClN4O7. The SMILES string of the molecule is CCOC1C(=O)N(C(C(=O)C(C)(C)C)C(ON)c2cc(NC(=O)C(CC)Oc3ccc(C)cc3C)ccc2Cl)C(=O)N1Cc1ccccc1. The monoisotopic (exact) mass is 692 g/mol. The Morgan fingerprint density at radius 2 is 1.69 bits per heavy atom. The van der Waals surface area contributed by atoms with E-state index in [-0.39, 0.29) is 23.7 Å². The van der Waals surface area contributed by atoms with Crippen molar-refractivity contribution in [1.29, 1.82) is 0 Å². The van der Waals surface area contributed by atoms with Crippen molar-refractivity contribution in [1.82, 2.24) is 9.80 Å². The molecule has 11 nitrogen and oxygen atoms in total. The van der Waals surface area contributed by atoms with Crippen LogP contribution in [0.2, 0.25) is 5.02 Å². The third-order valence-corrected chi connectivity index (χ3v) is 8.60. The van der Waals surface area contributed by atoms with Gasteiger partial charge in [-0.3, -0.25) is 24.1 Å². The van der Waals surface area contributed by atoms with Gasteiger partial charge in [0.05, 0.1) is 6.54 Å². The number of carbonyl (C=O) groups excluding carboxylic acids is 4. The lowest BCUT2D eigenvalue weighted by Crippen LogP contribution is -2.53. The Balaban J connectivity index is 1.70. The summed E-state index contributed by atoms with van der Waals surface area (Å²) in [5.41, 5.74) is 2.19. The molecule has 1 saturated heterocycles. The number of nitrogens with zero attached hydrogens (tertiary/aromatic N) is 2. The van der Waals surface area contributed by atoms with Crippen LogP contribution >= 0.6 is 11.6 Å². The molecule has 12 heteroatoms. The highest BCUT2D eigenvalue weighted by molar-refractivity contribution is 6.31. The van der Waals surface area contributed by atoms with Crippen molar-refractivity contribution in [2.24, 2.45) is 11.3 Å². The molecule has 4 unspecified atom stereocenters. The number of urea groups is 1. The van der Waals surface area contributed by atoms with Crippen LogP contribution in [0, 0.1) is 19.3 Å². The van der Waals surface area contributed by atoms with Gasteiger partial charge in [0.2, 0.25) is 6.23 Å². The molecule has 0 radical (unpaired) electrons. The van der Waals surface area contributed by atoms with Crippen LogP contribution in [0.4, 0.5) is 10.5 Å². The zero-order valence-corrected chi connectivity index (χ0v) is 29.7. The molecule has 1 fully saturated rings. The van der Waals surface area contributed by atoms with Crippen molar-refractivity contribution in [3.63, 3.8) is 0 Å². The van der Waals surface area contributed by atoms with Crippen LogP contribution < -0.4 is 16.0 Å². The van der Waals surface area contributed by atoms with Gasteiger partial charge < -0.3 is 14.8 Å².